The topological polar surface area (TPSA) is 97.4 Å². The minimum Gasteiger partial charge on any atom is -0.343 e. The molecule has 0 saturated carbocycles. The van der Waals surface area contributed by atoms with E-state index in [1.807, 2.05) is 13.8 Å². The molecule has 0 fully saturated rings. The van der Waals surface area contributed by atoms with Crippen molar-refractivity contribution in [2.45, 2.75) is 42.9 Å². The summed E-state index contributed by atoms with van der Waals surface area (Å²) >= 11 is 2.39. The van der Waals surface area contributed by atoms with Gasteiger partial charge in [-0.05, 0) is 38.5 Å². The summed E-state index contributed by atoms with van der Waals surface area (Å²) in [6, 6.07) is 6.15. The number of nitrogens with zero attached hydrogens (tertiary/aromatic N) is 5. The molecule has 11 heteroatoms. The van der Waals surface area contributed by atoms with Gasteiger partial charge in [0.25, 0.3) is 0 Å². The van der Waals surface area contributed by atoms with E-state index in [9.17, 15) is 14.0 Å². The van der Waals surface area contributed by atoms with E-state index in [2.05, 4.69) is 10.2 Å². The van der Waals surface area contributed by atoms with Crippen molar-refractivity contribution in [2.24, 2.45) is 0 Å². The number of amides is 2. The number of halogens is 1. The summed E-state index contributed by atoms with van der Waals surface area (Å²) in [4.78, 5) is 28.1. The fourth-order valence-electron chi connectivity index (χ4n) is 2.74. The van der Waals surface area contributed by atoms with Gasteiger partial charge < -0.3 is 15.6 Å². The van der Waals surface area contributed by atoms with E-state index < -0.39 is 5.25 Å². The Morgan fingerprint density at radius 3 is 2.53 bits per heavy atom. The van der Waals surface area contributed by atoms with Crippen LogP contribution in [0.4, 0.5) is 4.39 Å². The standard InChI is InChI=1S/C19H27FN6O2S2/c1-5-25(6-2)16(27)12-29-18-22-23-19(26(18)21)30-13(3)17(28)24(4)11-14-8-7-9-15(20)10-14/h7-10,13H,5-6,11-12,21H2,1-4H3. The molecule has 164 valence electrons. The van der Waals surface area contributed by atoms with E-state index in [4.69, 9.17) is 5.84 Å². The lowest BCUT2D eigenvalue weighted by Crippen LogP contribution is -2.33. The van der Waals surface area contributed by atoms with E-state index in [-0.39, 0.29) is 23.4 Å². The van der Waals surface area contributed by atoms with Crippen LogP contribution in [0.3, 0.4) is 0 Å². The highest BCUT2D eigenvalue weighted by Gasteiger charge is 2.23. The number of rotatable bonds is 10. The zero-order chi connectivity index (χ0) is 22.3. The minimum absolute atomic E-state index is 0.00437. The normalized spacial score (nSPS) is 11.9. The number of carbonyl (C=O) groups excluding carboxylic acids is 2. The molecule has 0 radical (unpaired) electrons. The van der Waals surface area contributed by atoms with Crippen LogP contribution in [0.5, 0.6) is 0 Å². The van der Waals surface area contributed by atoms with E-state index in [1.54, 1.807) is 31.0 Å². The molecule has 2 amide bonds. The van der Waals surface area contributed by atoms with Crippen molar-refractivity contribution in [1.29, 1.82) is 0 Å². The molecule has 1 aromatic carbocycles. The number of carbonyl (C=O) groups is 2. The van der Waals surface area contributed by atoms with E-state index in [0.717, 1.165) is 0 Å². The second kappa shape index (κ2) is 11.2. The Labute approximate surface area is 184 Å². The van der Waals surface area contributed by atoms with Gasteiger partial charge in [-0.15, -0.1) is 10.2 Å². The average Bonchev–Trinajstić information content (AvgIpc) is 3.06. The number of nitrogen functional groups attached to an aromatic ring is 1. The lowest BCUT2D eigenvalue weighted by molar-refractivity contribution is -0.129. The predicted octanol–water partition coefficient (Wildman–Crippen LogP) is 2.23. The maximum Gasteiger partial charge on any atom is 0.235 e. The van der Waals surface area contributed by atoms with Gasteiger partial charge in [-0.3, -0.25) is 9.59 Å². The number of thioether (sulfide) groups is 2. The number of hydrogen-bond donors (Lipinski definition) is 1. The average molecular weight is 455 g/mol. The van der Waals surface area contributed by atoms with Gasteiger partial charge in [-0.1, -0.05) is 35.7 Å². The van der Waals surface area contributed by atoms with E-state index in [1.165, 1.54) is 45.2 Å². The molecule has 30 heavy (non-hydrogen) atoms. The fraction of sp³-hybridized carbons (Fsp3) is 0.474. The van der Waals surface area contributed by atoms with Crippen LogP contribution < -0.4 is 5.84 Å². The first-order valence-corrected chi connectivity index (χ1v) is 11.4. The summed E-state index contributed by atoms with van der Waals surface area (Å²) < 4.78 is 14.6. The molecular weight excluding hydrogens is 427 g/mol. The molecule has 0 bridgehead atoms. The molecule has 8 nitrogen and oxygen atoms in total. The van der Waals surface area contributed by atoms with Crippen LogP contribution in [-0.4, -0.2) is 67.6 Å². The maximum absolute atomic E-state index is 13.3. The molecule has 1 aromatic heterocycles. The van der Waals surface area contributed by atoms with Crippen LogP contribution in [0.2, 0.25) is 0 Å². The Hall–Kier alpha value is -2.27. The quantitative estimate of drug-likeness (QED) is 0.434. The van der Waals surface area contributed by atoms with Crippen LogP contribution in [0, 0.1) is 5.82 Å². The zero-order valence-corrected chi connectivity index (χ0v) is 19.2. The molecule has 0 aliphatic rings. The second-order valence-corrected chi connectivity index (χ2v) is 8.82. The van der Waals surface area contributed by atoms with E-state index >= 15 is 0 Å². The Morgan fingerprint density at radius 2 is 1.90 bits per heavy atom. The van der Waals surface area contributed by atoms with Crippen LogP contribution >= 0.6 is 23.5 Å². The van der Waals surface area contributed by atoms with Gasteiger partial charge in [0.1, 0.15) is 5.82 Å². The van der Waals surface area contributed by atoms with Crippen molar-refractivity contribution in [1.82, 2.24) is 24.7 Å². The molecule has 0 aliphatic carbocycles. The first kappa shape index (κ1) is 24.0. The second-order valence-electron chi connectivity index (χ2n) is 6.57. The largest absolute Gasteiger partial charge is 0.343 e. The van der Waals surface area contributed by atoms with Gasteiger partial charge in [0.15, 0.2) is 0 Å². The van der Waals surface area contributed by atoms with Crippen molar-refractivity contribution in [2.75, 3.05) is 31.7 Å². The molecule has 2 N–H and O–H groups in total. The molecular formula is C19H27FN6O2S2. The lowest BCUT2D eigenvalue weighted by atomic mass is 10.2. The Kier molecular flexibility index (Phi) is 8.97. The molecule has 2 rings (SSSR count). The predicted molar refractivity (Wildman–Crippen MR) is 117 cm³/mol. The van der Waals surface area contributed by atoms with Crippen molar-refractivity contribution in [3.8, 4) is 0 Å². The summed E-state index contributed by atoms with van der Waals surface area (Å²) in [7, 11) is 1.66. The SMILES string of the molecule is CCN(CC)C(=O)CSc1nnc(SC(C)C(=O)N(C)Cc2cccc(F)c2)n1N. The molecule has 1 atom stereocenters. The monoisotopic (exact) mass is 454 g/mol. The number of aromatic nitrogens is 3. The summed E-state index contributed by atoms with van der Waals surface area (Å²) in [5.74, 6) is 5.80. The fourth-order valence-corrected chi connectivity index (χ4v) is 4.44. The summed E-state index contributed by atoms with van der Waals surface area (Å²) in [5, 5.41) is 8.39. The van der Waals surface area contributed by atoms with Gasteiger partial charge in [-0.25, -0.2) is 9.07 Å². The van der Waals surface area contributed by atoms with Crippen LogP contribution in [-0.2, 0) is 16.1 Å². The zero-order valence-electron chi connectivity index (χ0n) is 17.5. The third-order valence-electron chi connectivity index (χ3n) is 4.39. The van der Waals surface area contributed by atoms with Gasteiger partial charge in [0.05, 0.1) is 11.0 Å². The van der Waals surface area contributed by atoms with Crippen molar-refractivity contribution in [3.05, 3.63) is 35.6 Å². The molecule has 0 aliphatic heterocycles. The minimum atomic E-state index is -0.467. The summed E-state index contributed by atoms with van der Waals surface area (Å²) in [6.07, 6.45) is 0. The van der Waals surface area contributed by atoms with Crippen molar-refractivity contribution in [3.63, 3.8) is 0 Å². The summed E-state index contributed by atoms with van der Waals surface area (Å²) in [5.41, 5.74) is 0.710. The van der Waals surface area contributed by atoms with Crippen molar-refractivity contribution < 1.29 is 14.0 Å². The highest BCUT2D eigenvalue weighted by Crippen LogP contribution is 2.25. The summed E-state index contributed by atoms with van der Waals surface area (Å²) in [6.45, 7) is 7.20. The molecule has 0 saturated heterocycles. The first-order chi connectivity index (χ1) is 14.3. The Morgan fingerprint density at radius 1 is 1.23 bits per heavy atom. The number of benzene rings is 1. The van der Waals surface area contributed by atoms with Gasteiger partial charge in [0, 0.05) is 26.7 Å². The van der Waals surface area contributed by atoms with Crippen LogP contribution in [0.1, 0.15) is 26.3 Å². The third kappa shape index (κ3) is 6.36. The lowest BCUT2D eigenvalue weighted by Gasteiger charge is -2.21. The highest BCUT2D eigenvalue weighted by molar-refractivity contribution is 8.00. The van der Waals surface area contributed by atoms with Gasteiger partial charge in [-0.2, -0.15) is 0 Å². The van der Waals surface area contributed by atoms with Crippen LogP contribution in [0.25, 0.3) is 0 Å². The Balaban J connectivity index is 1.94. The first-order valence-electron chi connectivity index (χ1n) is 9.53. The molecule has 1 heterocycles. The smallest absolute Gasteiger partial charge is 0.235 e. The van der Waals surface area contributed by atoms with Crippen LogP contribution in [0.15, 0.2) is 34.6 Å². The maximum atomic E-state index is 13.3. The van der Waals surface area contributed by atoms with Gasteiger partial charge >= 0.3 is 0 Å². The third-order valence-corrected chi connectivity index (χ3v) is 6.36. The molecule has 2 aromatic rings. The molecule has 0 spiro atoms. The molecule has 1 unspecified atom stereocenters. The Bertz CT molecular complexity index is 874. The number of hydrogen-bond acceptors (Lipinski definition) is 7. The highest BCUT2D eigenvalue weighted by atomic mass is 32.2. The van der Waals surface area contributed by atoms with Gasteiger partial charge in [0.2, 0.25) is 22.1 Å². The van der Waals surface area contributed by atoms with Crippen molar-refractivity contribution >= 4 is 35.3 Å². The number of nitrogens with two attached hydrogens (primary N) is 1. The van der Waals surface area contributed by atoms with E-state index in [0.29, 0.717) is 35.5 Å².